The van der Waals surface area contributed by atoms with E-state index in [2.05, 4.69) is 18.7 Å². The van der Waals surface area contributed by atoms with E-state index in [1.807, 2.05) is 30.3 Å². The quantitative estimate of drug-likeness (QED) is 0.759. The van der Waals surface area contributed by atoms with E-state index in [1.165, 1.54) is 6.08 Å². The first kappa shape index (κ1) is 14.6. The number of rotatable bonds is 5. The number of hydrogen-bond acceptors (Lipinski definition) is 4. The van der Waals surface area contributed by atoms with Gasteiger partial charge in [0.15, 0.2) is 0 Å². The second kappa shape index (κ2) is 7.08. The van der Waals surface area contributed by atoms with E-state index in [0.29, 0.717) is 5.75 Å². The van der Waals surface area contributed by atoms with Gasteiger partial charge in [-0.1, -0.05) is 0 Å². The molecule has 0 radical (unpaired) electrons. The maximum Gasteiger partial charge on any atom is 0.130 e. The number of nitriles is 2. The van der Waals surface area contributed by atoms with Gasteiger partial charge in [0.1, 0.15) is 23.5 Å². The average molecular weight is 255 g/mol. The lowest BCUT2D eigenvalue weighted by molar-refractivity contribution is 0.414. The zero-order chi connectivity index (χ0) is 14.3. The number of ether oxygens (including phenoxy) is 1. The second-order valence-corrected chi connectivity index (χ2v) is 3.88. The summed E-state index contributed by atoms with van der Waals surface area (Å²) >= 11 is 0. The summed E-state index contributed by atoms with van der Waals surface area (Å²) in [6, 6.07) is 9.44. The molecule has 0 N–H and O–H groups in total. The van der Waals surface area contributed by atoms with Crippen LogP contribution in [0.4, 0.5) is 5.69 Å². The number of nitrogens with zero attached hydrogens (tertiary/aromatic N) is 3. The van der Waals surface area contributed by atoms with Crippen LogP contribution >= 0.6 is 0 Å². The van der Waals surface area contributed by atoms with Crippen LogP contribution in [-0.4, -0.2) is 20.2 Å². The summed E-state index contributed by atoms with van der Waals surface area (Å²) in [7, 11) is 1.58. The third-order valence-electron chi connectivity index (χ3n) is 2.89. The summed E-state index contributed by atoms with van der Waals surface area (Å²) < 4.78 is 5.32. The number of allylic oxidation sites excluding steroid dienone is 1. The van der Waals surface area contributed by atoms with Crippen molar-refractivity contribution >= 4 is 11.8 Å². The van der Waals surface area contributed by atoms with Gasteiger partial charge in [0, 0.05) is 30.4 Å². The second-order valence-electron chi connectivity index (χ2n) is 3.88. The fraction of sp³-hybridized carbons (Fsp3) is 0.333. The zero-order valence-corrected chi connectivity index (χ0v) is 11.5. The van der Waals surface area contributed by atoms with Crippen LogP contribution in [-0.2, 0) is 0 Å². The van der Waals surface area contributed by atoms with E-state index in [9.17, 15) is 0 Å². The lowest BCUT2D eigenvalue weighted by Crippen LogP contribution is -2.21. The summed E-state index contributed by atoms with van der Waals surface area (Å²) in [5.74, 6) is 0.660. The van der Waals surface area contributed by atoms with Gasteiger partial charge < -0.3 is 9.64 Å². The summed E-state index contributed by atoms with van der Waals surface area (Å²) in [5, 5.41) is 17.6. The Bertz CT molecular complexity index is 529. The minimum Gasteiger partial charge on any atom is -0.496 e. The Balaban J connectivity index is 3.22. The van der Waals surface area contributed by atoms with Crippen molar-refractivity contribution in [1.82, 2.24) is 0 Å². The van der Waals surface area contributed by atoms with E-state index >= 15 is 0 Å². The Morgan fingerprint density at radius 3 is 2.37 bits per heavy atom. The highest BCUT2D eigenvalue weighted by atomic mass is 16.5. The monoisotopic (exact) mass is 255 g/mol. The van der Waals surface area contributed by atoms with Gasteiger partial charge in [-0.3, -0.25) is 0 Å². The first-order valence-corrected chi connectivity index (χ1v) is 6.15. The molecule has 1 aromatic carbocycles. The molecule has 0 unspecified atom stereocenters. The fourth-order valence-electron chi connectivity index (χ4n) is 1.85. The molecule has 0 bridgehead atoms. The van der Waals surface area contributed by atoms with Crippen LogP contribution in [0.1, 0.15) is 19.4 Å². The van der Waals surface area contributed by atoms with Crippen molar-refractivity contribution in [2.45, 2.75) is 13.8 Å². The smallest absolute Gasteiger partial charge is 0.130 e. The molecule has 1 aromatic rings. The van der Waals surface area contributed by atoms with Crippen LogP contribution in [0.15, 0.2) is 23.8 Å². The zero-order valence-electron chi connectivity index (χ0n) is 11.5. The van der Waals surface area contributed by atoms with E-state index in [0.717, 1.165) is 24.3 Å². The molecule has 98 valence electrons. The highest BCUT2D eigenvalue weighted by molar-refractivity contribution is 5.69. The molecule has 0 amide bonds. The molecule has 0 atom stereocenters. The molecule has 0 aromatic heterocycles. The van der Waals surface area contributed by atoms with Crippen molar-refractivity contribution in [3.05, 3.63) is 29.3 Å². The van der Waals surface area contributed by atoms with Gasteiger partial charge in [-0.15, -0.1) is 0 Å². The summed E-state index contributed by atoms with van der Waals surface area (Å²) in [6.07, 6.45) is 1.53. The summed E-state index contributed by atoms with van der Waals surface area (Å²) in [4.78, 5) is 2.20. The van der Waals surface area contributed by atoms with Gasteiger partial charge in [-0.05, 0) is 32.1 Å². The molecule has 4 nitrogen and oxygen atoms in total. The molecule has 0 spiro atoms. The van der Waals surface area contributed by atoms with Gasteiger partial charge in [0.2, 0.25) is 0 Å². The Hall–Kier alpha value is -2.46. The molecule has 4 heteroatoms. The SMILES string of the molecule is CCN(CC)c1ccc(C=C(C#N)C#N)c(OC)c1. The Morgan fingerprint density at radius 2 is 1.89 bits per heavy atom. The van der Waals surface area contributed by atoms with Crippen molar-refractivity contribution in [2.24, 2.45) is 0 Å². The molecule has 0 aliphatic rings. The van der Waals surface area contributed by atoms with Crippen molar-refractivity contribution in [3.63, 3.8) is 0 Å². The number of anilines is 1. The molecule has 0 saturated heterocycles. The molecule has 1 rings (SSSR count). The predicted octanol–water partition coefficient (Wildman–Crippen LogP) is 2.97. The normalized spacial score (nSPS) is 9.11. The number of hydrogen-bond donors (Lipinski definition) is 0. The standard InChI is InChI=1S/C15H17N3O/c1-4-18(5-2)14-7-6-13(15(9-14)19-3)8-12(10-16)11-17/h6-9H,4-5H2,1-3H3. The van der Waals surface area contributed by atoms with Gasteiger partial charge in [-0.2, -0.15) is 10.5 Å². The van der Waals surface area contributed by atoms with Crippen molar-refractivity contribution in [3.8, 4) is 17.9 Å². The van der Waals surface area contributed by atoms with Crippen LogP contribution in [0.3, 0.4) is 0 Å². The fourth-order valence-corrected chi connectivity index (χ4v) is 1.85. The highest BCUT2D eigenvalue weighted by Gasteiger charge is 2.07. The molecule has 0 heterocycles. The third kappa shape index (κ3) is 3.50. The number of benzene rings is 1. The lowest BCUT2D eigenvalue weighted by atomic mass is 10.1. The Kier molecular flexibility index (Phi) is 5.44. The van der Waals surface area contributed by atoms with Crippen LogP contribution in [0.5, 0.6) is 5.75 Å². The topological polar surface area (TPSA) is 60.0 Å². The van der Waals surface area contributed by atoms with Crippen LogP contribution in [0.25, 0.3) is 6.08 Å². The van der Waals surface area contributed by atoms with Gasteiger partial charge in [0.25, 0.3) is 0 Å². The van der Waals surface area contributed by atoms with Crippen molar-refractivity contribution < 1.29 is 4.74 Å². The van der Waals surface area contributed by atoms with E-state index in [-0.39, 0.29) is 5.57 Å². The molecular formula is C15H17N3O. The first-order valence-electron chi connectivity index (χ1n) is 6.15. The first-order chi connectivity index (χ1) is 9.19. The maximum atomic E-state index is 8.78. The maximum absolute atomic E-state index is 8.78. The molecule has 19 heavy (non-hydrogen) atoms. The van der Waals surface area contributed by atoms with Crippen molar-refractivity contribution in [1.29, 1.82) is 10.5 Å². The van der Waals surface area contributed by atoms with E-state index in [4.69, 9.17) is 15.3 Å². The van der Waals surface area contributed by atoms with E-state index in [1.54, 1.807) is 7.11 Å². The molecule has 0 saturated carbocycles. The molecule has 0 aliphatic heterocycles. The van der Waals surface area contributed by atoms with Crippen molar-refractivity contribution in [2.75, 3.05) is 25.1 Å². The minimum atomic E-state index is 0.0638. The van der Waals surface area contributed by atoms with E-state index < -0.39 is 0 Å². The minimum absolute atomic E-state index is 0.0638. The number of methoxy groups -OCH3 is 1. The molecule has 0 fully saturated rings. The average Bonchev–Trinajstić information content (AvgIpc) is 2.46. The largest absolute Gasteiger partial charge is 0.496 e. The Labute approximate surface area is 114 Å². The molecular weight excluding hydrogens is 238 g/mol. The van der Waals surface area contributed by atoms with Gasteiger partial charge in [-0.25, -0.2) is 0 Å². The van der Waals surface area contributed by atoms with Crippen LogP contribution in [0.2, 0.25) is 0 Å². The Morgan fingerprint density at radius 1 is 1.26 bits per heavy atom. The molecule has 0 aliphatic carbocycles. The predicted molar refractivity (Wildman–Crippen MR) is 75.8 cm³/mol. The van der Waals surface area contributed by atoms with Crippen LogP contribution in [0, 0.1) is 22.7 Å². The highest BCUT2D eigenvalue weighted by Crippen LogP contribution is 2.27. The van der Waals surface area contributed by atoms with Gasteiger partial charge >= 0.3 is 0 Å². The van der Waals surface area contributed by atoms with Gasteiger partial charge in [0.05, 0.1) is 7.11 Å². The third-order valence-corrected chi connectivity index (χ3v) is 2.89. The summed E-state index contributed by atoms with van der Waals surface area (Å²) in [5.41, 5.74) is 1.86. The lowest BCUT2D eigenvalue weighted by Gasteiger charge is -2.22. The van der Waals surface area contributed by atoms with Crippen LogP contribution < -0.4 is 9.64 Å². The summed E-state index contributed by atoms with van der Waals surface area (Å²) in [6.45, 7) is 6.01.